The second-order valence-electron chi connectivity index (χ2n) is 4.72. The molecule has 1 aromatic heterocycles. The molecule has 1 aliphatic carbocycles. The third-order valence-electron chi connectivity index (χ3n) is 3.12. The summed E-state index contributed by atoms with van der Waals surface area (Å²) in [5, 5.41) is 9.03. The summed E-state index contributed by atoms with van der Waals surface area (Å²) in [7, 11) is -2.11. The number of nitrogens with zero attached hydrogens (tertiary/aromatic N) is 1. The van der Waals surface area contributed by atoms with Crippen molar-refractivity contribution in [2.75, 3.05) is 20.3 Å². The van der Waals surface area contributed by atoms with Gasteiger partial charge in [-0.2, -0.15) is 4.31 Å². The molecule has 20 heavy (non-hydrogen) atoms. The van der Waals surface area contributed by atoms with Gasteiger partial charge in [0.1, 0.15) is 9.09 Å². The number of thiophene rings is 1. The number of aromatic carboxylic acids is 1. The highest BCUT2D eigenvalue weighted by Crippen LogP contribution is 2.35. The van der Waals surface area contributed by atoms with Crippen LogP contribution in [-0.4, -0.2) is 50.1 Å². The maximum Gasteiger partial charge on any atom is 0.346 e. The van der Waals surface area contributed by atoms with Crippen LogP contribution in [-0.2, 0) is 14.8 Å². The van der Waals surface area contributed by atoms with Gasteiger partial charge in [0.05, 0.1) is 6.61 Å². The van der Waals surface area contributed by atoms with Crippen molar-refractivity contribution in [3.63, 3.8) is 0 Å². The Kier molecular flexibility index (Phi) is 4.48. The van der Waals surface area contributed by atoms with E-state index in [-0.39, 0.29) is 15.1 Å². The molecule has 0 unspecified atom stereocenters. The molecule has 1 N–H and O–H groups in total. The van der Waals surface area contributed by atoms with Crippen molar-refractivity contribution in [2.45, 2.75) is 30.0 Å². The number of carboxylic acids is 1. The minimum absolute atomic E-state index is 0.0193. The van der Waals surface area contributed by atoms with Crippen molar-refractivity contribution < 1.29 is 23.1 Å². The number of hydrogen-bond acceptors (Lipinski definition) is 5. The maximum absolute atomic E-state index is 12.6. The molecule has 0 aliphatic heterocycles. The SMILES string of the molecule is COCCN(C1CC1)S(=O)(=O)c1cc(C)c(C(=O)O)s1. The molecular weight excluding hydrogens is 302 g/mol. The summed E-state index contributed by atoms with van der Waals surface area (Å²) >= 11 is 0.812. The van der Waals surface area contributed by atoms with Crippen LogP contribution in [0.4, 0.5) is 0 Å². The maximum atomic E-state index is 12.6. The lowest BCUT2D eigenvalue weighted by atomic mass is 10.3. The normalized spacial score (nSPS) is 15.8. The minimum atomic E-state index is -3.64. The molecule has 112 valence electrons. The number of sulfonamides is 1. The number of carbonyl (C=O) groups is 1. The fourth-order valence-corrected chi connectivity index (χ4v) is 5.13. The summed E-state index contributed by atoms with van der Waals surface area (Å²) in [5.74, 6) is -1.09. The molecular formula is C12H17NO5S2. The van der Waals surface area contributed by atoms with E-state index >= 15 is 0 Å². The van der Waals surface area contributed by atoms with E-state index in [2.05, 4.69) is 0 Å². The van der Waals surface area contributed by atoms with Crippen molar-refractivity contribution in [3.8, 4) is 0 Å². The van der Waals surface area contributed by atoms with Crippen LogP contribution in [0, 0.1) is 6.92 Å². The molecule has 0 atom stereocenters. The van der Waals surface area contributed by atoms with Crippen molar-refractivity contribution in [1.82, 2.24) is 4.31 Å². The van der Waals surface area contributed by atoms with Gasteiger partial charge in [0.2, 0.25) is 0 Å². The predicted molar refractivity (Wildman–Crippen MR) is 74.8 cm³/mol. The van der Waals surface area contributed by atoms with E-state index in [1.165, 1.54) is 17.5 Å². The topological polar surface area (TPSA) is 83.9 Å². The molecule has 6 nitrogen and oxygen atoms in total. The fourth-order valence-electron chi connectivity index (χ4n) is 1.95. The van der Waals surface area contributed by atoms with E-state index in [4.69, 9.17) is 9.84 Å². The Hall–Kier alpha value is -0.960. The van der Waals surface area contributed by atoms with E-state index in [1.807, 2.05) is 0 Å². The first-order valence-corrected chi connectivity index (χ1v) is 8.48. The zero-order valence-electron chi connectivity index (χ0n) is 11.3. The monoisotopic (exact) mass is 319 g/mol. The molecule has 0 bridgehead atoms. The fraction of sp³-hybridized carbons (Fsp3) is 0.583. The van der Waals surface area contributed by atoms with Gasteiger partial charge in [0.25, 0.3) is 10.0 Å². The van der Waals surface area contributed by atoms with Crippen LogP contribution in [0.25, 0.3) is 0 Å². The first kappa shape index (κ1) is 15.4. The van der Waals surface area contributed by atoms with Gasteiger partial charge >= 0.3 is 5.97 Å². The summed E-state index contributed by atoms with van der Waals surface area (Å²) in [6, 6.07) is 1.46. The lowest BCUT2D eigenvalue weighted by Gasteiger charge is -2.20. The summed E-state index contributed by atoms with van der Waals surface area (Å²) in [4.78, 5) is 11.1. The summed E-state index contributed by atoms with van der Waals surface area (Å²) < 4.78 is 31.7. The molecule has 0 aromatic carbocycles. The zero-order valence-corrected chi connectivity index (χ0v) is 13.0. The summed E-state index contributed by atoms with van der Waals surface area (Å²) in [6.45, 7) is 2.23. The number of hydrogen-bond donors (Lipinski definition) is 1. The van der Waals surface area contributed by atoms with Crippen molar-refractivity contribution >= 4 is 27.3 Å². The Labute approximate surface area is 122 Å². The molecule has 1 aromatic rings. The highest BCUT2D eigenvalue weighted by molar-refractivity contribution is 7.91. The highest BCUT2D eigenvalue weighted by atomic mass is 32.2. The second kappa shape index (κ2) is 5.80. The van der Waals surface area contributed by atoms with Crippen LogP contribution in [0.1, 0.15) is 28.1 Å². The largest absolute Gasteiger partial charge is 0.477 e. The lowest BCUT2D eigenvalue weighted by molar-refractivity contribution is 0.0701. The third-order valence-corrected chi connectivity index (χ3v) is 6.75. The number of methoxy groups -OCH3 is 1. The van der Waals surface area contributed by atoms with E-state index in [9.17, 15) is 13.2 Å². The van der Waals surface area contributed by atoms with E-state index < -0.39 is 16.0 Å². The molecule has 1 fully saturated rings. The molecule has 0 saturated heterocycles. The third kappa shape index (κ3) is 3.03. The smallest absolute Gasteiger partial charge is 0.346 e. The number of rotatable bonds is 7. The molecule has 0 spiro atoms. The standard InChI is InChI=1S/C12H17NO5S2/c1-8-7-10(19-11(8)12(14)15)20(16,17)13(5-6-18-2)9-3-4-9/h7,9H,3-6H2,1-2H3,(H,14,15). The van der Waals surface area contributed by atoms with E-state index in [1.54, 1.807) is 6.92 Å². The Morgan fingerprint density at radius 1 is 1.55 bits per heavy atom. The first-order chi connectivity index (χ1) is 9.37. The van der Waals surface area contributed by atoms with Crippen molar-refractivity contribution in [1.29, 1.82) is 0 Å². The quantitative estimate of drug-likeness (QED) is 0.824. The Morgan fingerprint density at radius 3 is 2.65 bits per heavy atom. The number of carboxylic acid groups (broad SMARTS) is 1. The number of aryl methyl sites for hydroxylation is 1. The van der Waals surface area contributed by atoms with Gasteiger partial charge in [0, 0.05) is 19.7 Å². The zero-order chi connectivity index (χ0) is 14.9. The summed E-state index contributed by atoms with van der Waals surface area (Å²) in [6.07, 6.45) is 1.69. The van der Waals surface area contributed by atoms with Gasteiger partial charge in [-0.05, 0) is 31.4 Å². The molecule has 1 aliphatic rings. The second-order valence-corrected chi connectivity index (χ2v) is 7.89. The molecule has 0 amide bonds. The Balaban J connectivity index is 2.32. The van der Waals surface area contributed by atoms with Gasteiger partial charge in [0.15, 0.2) is 0 Å². The van der Waals surface area contributed by atoms with Gasteiger partial charge in [-0.25, -0.2) is 13.2 Å². The molecule has 1 saturated carbocycles. The van der Waals surface area contributed by atoms with Crippen LogP contribution in [0.5, 0.6) is 0 Å². The molecule has 0 radical (unpaired) electrons. The van der Waals surface area contributed by atoms with E-state index in [0.29, 0.717) is 18.7 Å². The highest BCUT2D eigenvalue weighted by Gasteiger charge is 2.39. The van der Waals surface area contributed by atoms with Crippen molar-refractivity contribution in [3.05, 3.63) is 16.5 Å². The van der Waals surface area contributed by atoms with Gasteiger partial charge in [-0.1, -0.05) is 0 Å². The first-order valence-electron chi connectivity index (χ1n) is 6.22. The summed E-state index contributed by atoms with van der Waals surface area (Å²) in [5.41, 5.74) is 0.476. The van der Waals surface area contributed by atoms with Crippen molar-refractivity contribution in [2.24, 2.45) is 0 Å². The van der Waals surface area contributed by atoms with Crippen LogP contribution >= 0.6 is 11.3 Å². The van der Waals surface area contributed by atoms with Gasteiger partial charge in [-0.15, -0.1) is 11.3 Å². The average Bonchev–Trinajstić information content (AvgIpc) is 3.10. The van der Waals surface area contributed by atoms with Gasteiger partial charge < -0.3 is 9.84 Å². The van der Waals surface area contributed by atoms with Crippen LogP contribution < -0.4 is 0 Å². The molecule has 2 rings (SSSR count). The van der Waals surface area contributed by atoms with Crippen LogP contribution in [0.3, 0.4) is 0 Å². The van der Waals surface area contributed by atoms with Crippen LogP contribution in [0.2, 0.25) is 0 Å². The lowest BCUT2D eigenvalue weighted by Crippen LogP contribution is -2.35. The Bertz CT molecular complexity index is 603. The predicted octanol–water partition coefficient (Wildman–Crippen LogP) is 1.55. The Morgan fingerprint density at radius 2 is 2.20 bits per heavy atom. The number of ether oxygens (including phenoxy) is 1. The molecule has 8 heteroatoms. The molecule has 1 heterocycles. The average molecular weight is 319 g/mol. The minimum Gasteiger partial charge on any atom is -0.477 e. The van der Waals surface area contributed by atoms with Gasteiger partial charge in [-0.3, -0.25) is 0 Å². The van der Waals surface area contributed by atoms with Crippen LogP contribution in [0.15, 0.2) is 10.3 Å². The van der Waals surface area contributed by atoms with E-state index in [0.717, 1.165) is 24.2 Å².